The van der Waals surface area contributed by atoms with Gasteiger partial charge in [-0.1, -0.05) is 18.0 Å². The Morgan fingerprint density at radius 1 is 1.17 bits per heavy atom. The minimum absolute atomic E-state index is 0.580. The quantitative estimate of drug-likeness (QED) is 0.806. The van der Waals surface area contributed by atoms with Crippen LogP contribution >= 0.6 is 23.8 Å². The highest BCUT2D eigenvalue weighted by Gasteiger charge is 2.39. The van der Waals surface area contributed by atoms with Crippen LogP contribution in [0, 0.1) is 11.8 Å². The van der Waals surface area contributed by atoms with Gasteiger partial charge in [0.15, 0.2) is 5.11 Å². The first-order valence-electron chi connectivity index (χ1n) is 6.54. The van der Waals surface area contributed by atoms with E-state index in [4.69, 9.17) is 23.8 Å². The van der Waals surface area contributed by atoms with Crippen molar-refractivity contribution >= 4 is 34.6 Å². The molecule has 3 atom stereocenters. The normalized spacial score (nSPS) is 29.3. The Hall–Kier alpha value is -0.800. The van der Waals surface area contributed by atoms with Crippen LogP contribution in [0.2, 0.25) is 5.02 Å². The van der Waals surface area contributed by atoms with E-state index >= 15 is 0 Å². The Labute approximate surface area is 118 Å². The Kier molecular flexibility index (Phi) is 3.44. The highest BCUT2D eigenvalue weighted by atomic mass is 35.5. The first-order chi connectivity index (χ1) is 8.70. The number of nitrogens with one attached hydrogen (secondary N) is 2. The van der Waals surface area contributed by atoms with Gasteiger partial charge in [0.25, 0.3) is 0 Å². The van der Waals surface area contributed by atoms with Crippen LogP contribution in [0.25, 0.3) is 0 Å². The average Bonchev–Trinajstić information content (AvgIpc) is 2.94. The van der Waals surface area contributed by atoms with Crippen LogP contribution in [-0.4, -0.2) is 11.2 Å². The van der Waals surface area contributed by atoms with Crippen LogP contribution in [0.3, 0.4) is 0 Å². The zero-order chi connectivity index (χ0) is 12.5. The van der Waals surface area contributed by atoms with Crippen molar-refractivity contribution in [1.82, 2.24) is 5.32 Å². The number of rotatable bonds is 2. The van der Waals surface area contributed by atoms with Crippen LogP contribution in [0.1, 0.15) is 25.7 Å². The molecule has 2 aliphatic carbocycles. The topological polar surface area (TPSA) is 24.1 Å². The third-order valence-corrected chi connectivity index (χ3v) is 4.63. The maximum Gasteiger partial charge on any atom is 0.171 e. The van der Waals surface area contributed by atoms with E-state index in [-0.39, 0.29) is 0 Å². The van der Waals surface area contributed by atoms with Gasteiger partial charge in [-0.3, -0.25) is 0 Å². The zero-order valence-electron chi connectivity index (χ0n) is 10.2. The zero-order valence-corrected chi connectivity index (χ0v) is 11.7. The van der Waals surface area contributed by atoms with Crippen molar-refractivity contribution in [3.63, 3.8) is 0 Å². The molecule has 0 aliphatic heterocycles. The minimum atomic E-state index is 0.580. The van der Waals surface area contributed by atoms with Crippen molar-refractivity contribution in [2.75, 3.05) is 5.32 Å². The molecule has 3 rings (SSSR count). The summed E-state index contributed by atoms with van der Waals surface area (Å²) in [6.07, 6.45) is 5.46. The van der Waals surface area contributed by atoms with Gasteiger partial charge in [0.1, 0.15) is 0 Å². The summed E-state index contributed by atoms with van der Waals surface area (Å²) >= 11 is 11.2. The van der Waals surface area contributed by atoms with E-state index in [0.717, 1.165) is 27.7 Å². The minimum Gasteiger partial charge on any atom is -0.359 e. The molecular formula is C14H17ClN2S. The molecule has 0 saturated heterocycles. The first-order valence-corrected chi connectivity index (χ1v) is 7.32. The molecule has 0 spiro atoms. The van der Waals surface area contributed by atoms with E-state index in [1.165, 1.54) is 25.7 Å². The van der Waals surface area contributed by atoms with E-state index in [1.807, 2.05) is 24.3 Å². The Balaban J connectivity index is 1.54. The lowest BCUT2D eigenvalue weighted by Gasteiger charge is -2.24. The monoisotopic (exact) mass is 280 g/mol. The predicted molar refractivity (Wildman–Crippen MR) is 80.0 cm³/mol. The molecule has 3 unspecified atom stereocenters. The summed E-state index contributed by atoms with van der Waals surface area (Å²) in [6, 6.07) is 8.19. The number of anilines is 1. The average molecular weight is 281 g/mol. The van der Waals surface area contributed by atoms with Gasteiger partial charge < -0.3 is 10.6 Å². The molecule has 2 N–H and O–H groups in total. The third kappa shape index (κ3) is 2.62. The molecule has 2 nitrogen and oxygen atoms in total. The predicted octanol–water partition coefficient (Wildman–Crippen LogP) is 3.82. The molecule has 0 radical (unpaired) electrons. The number of hydrogen-bond acceptors (Lipinski definition) is 1. The van der Waals surface area contributed by atoms with Crippen molar-refractivity contribution < 1.29 is 0 Å². The SMILES string of the molecule is S=C(Nc1ccc(Cl)cc1)NC1CC2CCC1C2. The standard InChI is InChI=1S/C14H17ClN2S/c15-11-3-5-12(6-4-11)16-14(18)17-13-8-9-1-2-10(13)7-9/h3-6,9-10,13H,1-2,7-8H2,(H2,16,17,18). The van der Waals surface area contributed by atoms with Crippen LogP contribution < -0.4 is 10.6 Å². The molecule has 96 valence electrons. The summed E-state index contributed by atoms with van der Waals surface area (Å²) in [6.45, 7) is 0. The Bertz CT molecular complexity index is 446. The van der Waals surface area contributed by atoms with Crippen LogP contribution in [0.15, 0.2) is 24.3 Å². The number of hydrogen-bond donors (Lipinski definition) is 2. The van der Waals surface area contributed by atoms with Gasteiger partial charge >= 0.3 is 0 Å². The second-order valence-corrected chi connectivity index (χ2v) is 6.23. The van der Waals surface area contributed by atoms with Gasteiger partial charge in [-0.2, -0.15) is 0 Å². The molecular weight excluding hydrogens is 264 g/mol. The van der Waals surface area contributed by atoms with Crippen molar-refractivity contribution in [2.45, 2.75) is 31.7 Å². The van der Waals surface area contributed by atoms with E-state index in [2.05, 4.69) is 10.6 Å². The van der Waals surface area contributed by atoms with Gasteiger partial charge in [0, 0.05) is 16.8 Å². The van der Waals surface area contributed by atoms with Crippen LogP contribution in [0.5, 0.6) is 0 Å². The molecule has 0 amide bonds. The van der Waals surface area contributed by atoms with E-state index in [9.17, 15) is 0 Å². The van der Waals surface area contributed by atoms with Crippen LogP contribution in [0.4, 0.5) is 5.69 Å². The van der Waals surface area contributed by atoms with E-state index < -0.39 is 0 Å². The first kappa shape index (κ1) is 12.2. The molecule has 2 saturated carbocycles. The molecule has 2 fully saturated rings. The molecule has 18 heavy (non-hydrogen) atoms. The second kappa shape index (κ2) is 5.06. The van der Waals surface area contributed by atoms with Crippen molar-refractivity contribution in [2.24, 2.45) is 11.8 Å². The highest BCUT2D eigenvalue weighted by molar-refractivity contribution is 7.80. The summed E-state index contributed by atoms with van der Waals surface area (Å²) in [4.78, 5) is 0. The van der Waals surface area contributed by atoms with Gasteiger partial charge in [-0.05, 0) is 67.6 Å². The number of benzene rings is 1. The van der Waals surface area contributed by atoms with Crippen molar-refractivity contribution in [1.29, 1.82) is 0 Å². The fourth-order valence-corrected chi connectivity index (χ4v) is 3.69. The lowest BCUT2D eigenvalue weighted by atomic mass is 9.96. The highest BCUT2D eigenvalue weighted by Crippen LogP contribution is 2.44. The Morgan fingerprint density at radius 2 is 1.94 bits per heavy atom. The smallest absolute Gasteiger partial charge is 0.171 e. The molecule has 0 aromatic heterocycles. The summed E-state index contributed by atoms with van der Waals surface area (Å²) in [5.74, 6) is 1.77. The maximum atomic E-state index is 5.85. The molecule has 4 heteroatoms. The third-order valence-electron chi connectivity index (χ3n) is 4.16. The van der Waals surface area contributed by atoms with Crippen LogP contribution in [-0.2, 0) is 0 Å². The Morgan fingerprint density at radius 3 is 2.56 bits per heavy atom. The fraction of sp³-hybridized carbons (Fsp3) is 0.500. The fourth-order valence-electron chi connectivity index (χ4n) is 3.29. The molecule has 2 aliphatic rings. The van der Waals surface area contributed by atoms with Gasteiger partial charge in [-0.15, -0.1) is 0 Å². The molecule has 1 aromatic rings. The summed E-state index contributed by atoms with van der Waals surface area (Å²) in [5, 5.41) is 8.15. The maximum absolute atomic E-state index is 5.85. The van der Waals surface area contributed by atoms with Gasteiger partial charge in [0.2, 0.25) is 0 Å². The summed E-state index contributed by atoms with van der Waals surface area (Å²) in [7, 11) is 0. The molecule has 0 heterocycles. The van der Waals surface area contributed by atoms with Crippen molar-refractivity contribution in [3.8, 4) is 0 Å². The molecule has 2 bridgehead atoms. The van der Waals surface area contributed by atoms with Crippen molar-refractivity contribution in [3.05, 3.63) is 29.3 Å². The summed E-state index contributed by atoms with van der Waals surface area (Å²) in [5.41, 5.74) is 0.986. The lowest BCUT2D eigenvalue weighted by Crippen LogP contribution is -2.40. The van der Waals surface area contributed by atoms with E-state index in [1.54, 1.807) is 0 Å². The largest absolute Gasteiger partial charge is 0.359 e. The number of halogens is 1. The molecule has 1 aromatic carbocycles. The lowest BCUT2D eigenvalue weighted by molar-refractivity contribution is 0.392. The number of thiocarbonyl (C=S) groups is 1. The van der Waals surface area contributed by atoms with Gasteiger partial charge in [0.05, 0.1) is 0 Å². The van der Waals surface area contributed by atoms with Gasteiger partial charge in [-0.25, -0.2) is 0 Å². The number of fused-ring (bicyclic) bond motifs is 2. The second-order valence-electron chi connectivity index (χ2n) is 5.39. The van der Waals surface area contributed by atoms with E-state index in [0.29, 0.717) is 6.04 Å². The summed E-state index contributed by atoms with van der Waals surface area (Å²) < 4.78 is 0.